The third-order valence-electron chi connectivity index (χ3n) is 8.25. The molecule has 2 aliphatic heterocycles. The highest BCUT2D eigenvalue weighted by atomic mass is 16.5. The zero-order valence-corrected chi connectivity index (χ0v) is 26.4. The van der Waals surface area contributed by atoms with E-state index in [2.05, 4.69) is 64.9 Å². The largest absolute Gasteiger partial charge is 0.490 e. The van der Waals surface area contributed by atoms with Crippen LogP contribution in [-0.4, -0.2) is 85.4 Å². The van der Waals surface area contributed by atoms with Crippen LogP contribution >= 0.6 is 0 Å². The second kappa shape index (κ2) is 17.6. The maximum absolute atomic E-state index is 12.1. The molecule has 2 heterocycles. The van der Waals surface area contributed by atoms with Gasteiger partial charge < -0.3 is 39.2 Å². The number of ether oxygens (including phenoxy) is 5. The van der Waals surface area contributed by atoms with Crippen LogP contribution in [-0.2, 0) is 37.0 Å². The van der Waals surface area contributed by atoms with Gasteiger partial charge in [0.1, 0.15) is 12.4 Å². The Kier molecular flexibility index (Phi) is 13.6. The number of anilines is 1. The lowest BCUT2D eigenvalue weighted by Gasteiger charge is -2.39. The summed E-state index contributed by atoms with van der Waals surface area (Å²) < 4.78 is 29.0. The predicted octanol–water partition coefficient (Wildman–Crippen LogP) is 4.14. The molecule has 0 aromatic heterocycles. The van der Waals surface area contributed by atoms with E-state index in [0.29, 0.717) is 51.9 Å². The van der Waals surface area contributed by atoms with Gasteiger partial charge in [0.05, 0.1) is 44.8 Å². The highest BCUT2D eigenvalue weighted by Gasteiger charge is 2.35. The SMILES string of the molecule is CCC(=O)NC[C@@H]1CNC[C@H](OCc2ccc3c(c2)N(CCCOC)CCO3)[C@H]1c1ccc(COCC(C)COC)cc1. The highest BCUT2D eigenvalue weighted by molar-refractivity contribution is 5.75. The zero-order chi connectivity index (χ0) is 30.4. The summed E-state index contributed by atoms with van der Waals surface area (Å²) in [4.78, 5) is 14.5. The molecule has 2 aromatic rings. The molecule has 2 N–H and O–H groups in total. The van der Waals surface area contributed by atoms with E-state index in [9.17, 15) is 4.79 Å². The molecule has 9 heteroatoms. The molecule has 1 amide bonds. The van der Waals surface area contributed by atoms with Crippen LogP contribution < -0.4 is 20.3 Å². The fourth-order valence-corrected chi connectivity index (χ4v) is 5.98. The fourth-order valence-electron chi connectivity index (χ4n) is 5.98. The van der Waals surface area contributed by atoms with Crippen LogP contribution in [0.2, 0.25) is 0 Å². The first-order chi connectivity index (χ1) is 21.0. The van der Waals surface area contributed by atoms with Gasteiger partial charge in [-0.2, -0.15) is 0 Å². The molecule has 0 aliphatic carbocycles. The molecule has 238 valence electrons. The summed E-state index contributed by atoms with van der Waals surface area (Å²) in [7, 11) is 3.46. The third-order valence-corrected chi connectivity index (χ3v) is 8.25. The lowest BCUT2D eigenvalue weighted by atomic mass is 9.79. The Balaban J connectivity index is 1.45. The normalized spacial score (nSPS) is 20.7. The Bertz CT molecular complexity index is 1110. The number of methoxy groups -OCH3 is 2. The number of fused-ring (bicyclic) bond motifs is 1. The Morgan fingerprint density at radius 1 is 1.07 bits per heavy atom. The second-order valence-electron chi connectivity index (χ2n) is 11.8. The first-order valence-corrected chi connectivity index (χ1v) is 15.8. The Morgan fingerprint density at radius 3 is 2.65 bits per heavy atom. The summed E-state index contributed by atoms with van der Waals surface area (Å²) in [5, 5.41) is 6.69. The van der Waals surface area contributed by atoms with Gasteiger partial charge >= 0.3 is 0 Å². The topological polar surface area (TPSA) is 90.5 Å². The van der Waals surface area contributed by atoms with Crippen LogP contribution in [0.5, 0.6) is 5.75 Å². The van der Waals surface area contributed by atoms with Crippen LogP contribution in [0.15, 0.2) is 42.5 Å². The number of hydrogen-bond donors (Lipinski definition) is 2. The monoisotopic (exact) mass is 597 g/mol. The quantitative estimate of drug-likeness (QED) is 0.263. The Labute approximate surface area is 257 Å². The first kappa shape index (κ1) is 33.2. The Hall–Kier alpha value is -2.69. The van der Waals surface area contributed by atoms with E-state index >= 15 is 0 Å². The number of hydrogen-bond acceptors (Lipinski definition) is 8. The molecule has 0 saturated carbocycles. The average molecular weight is 598 g/mol. The minimum absolute atomic E-state index is 0.0423. The molecule has 0 radical (unpaired) electrons. The molecule has 1 saturated heterocycles. The number of benzene rings is 2. The maximum atomic E-state index is 12.1. The van der Waals surface area contributed by atoms with E-state index < -0.39 is 0 Å². The number of rotatable bonds is 17. The first-order valence-electron chi connectivity index (χ1n) is 15.8. The number of piperidine rings is 1. The molecule has 0 spiro atoms. The van der Waals surface area contributed by atoms with Gasteiger partial charge in [0.15, 0.2) is 0 Å². The summed E-state index contributed by atoms with van der Waals surface area (Å²) >= 11 is 0. The molecule has 43 heavy (non-hydrogen) atoms. The van der Waals surface area contributed by atoms with Crippen molar-refractivity contribution in [3.8, 4) is 5.75 Å². The van der Waals surface area contributed by atoms with Gasteiger partial charge in [-0.3, -0.25) is 4.79 Å². The van der Waals surface area contributed by atoms with Crippen LogP contribution in [0.1, 0.15) is 49.3 Å². The summed E-state index contributed by atoms with van der Waals surface area (Å²) in [6.07, 6.45) is 1.41. The van der Waals surface area contributed by atoms with Gasteiger partial charge in [-0.05, 0) is 41.2 Å². The van der Waals surface area contributed by atoms with Crippen molar-refractivity contribution in [2.45, 2.75) is 51.9 Å². The predicted molar refractivity (Wildman–Crippen MR) is 169 cm³/mol. The Morgan fingerprint density at radius 2 is 1.88 bits per heavy atom. The molecule has 2 aromatic carbocycles. The lowest BCUT2D eigenvalue weighted by molar-refractivity contribution is -0.121. The third kappa shape index (κ3) is 9.91. The number of nitrogens with one attached hydrogen (secondary N) is 2. The van der Waals surface area contributed by atoms with Gasteiger partial charge in [0.2, 0.25) is 5.91 Å². The molecule has 4 atom stereocenters. The average Bonchev–Trinajstić information content (AvgIpc) is 3.03. The van der Waals surface area contributed by atoms with Crippen molar-refractivity contribution in [2.75, 3.05) is 78.3 Å². The maximum Gasteiger partial charge on any atom is 0.219 e. The van der Waals surface area contributed by atoms with Gasteiger partial charge in [-0.1, -0.05) is 44.2 Å². The van der Waals surface area contributed by atoms with E-state index in [0.717, 1.165) is 61.8 Å². The zero-order valence-electron chi connectivity index (χ0n) is 26.4. The van der Waals surface area contributed by atoms with Crippen LogP contribution in [0.25, 0.3) is 0 Å². The van der Waals surface area contributed by atoms with Crippen molar-refractivity contribution in [3.05, 3.63) is 59.2 Å². The number of carbonyl (C=O) groups is 1. The molecular formula is C34H51N3O6. The van der Waals surface area contributed by atoms with E-state index in [1.165, 1.54) is 5.56 Å². The van der Waals surface area contributed by atoms with Gasteiger partial charge in [0.25, 0.3) is 0 Å². The van der Waals surface area contributed by atoms with E-state index in [-0.39, 0.29) is 23.8 Å². The minimum atomic E-state index is -0.0423. The minimum Gasteiger partial charge on any atom is -0.490 e. The molecule has 4 rings (SSSR count). The standard InChI is InChI=1S/C34H51N3O6/c1-5-33(38)36-19-29-18-35-20-32(34(29)28-10-7-26(8-11-28)23-41-22-25(2)21-40-4)43-24-27-9-12-31-30(17-27)37(14-16-42-31)13-6-15-39-3/h7-12,17,25,29,32,34-35H,5-6,13-16,18-24H2,1-4H3,(H,36,38)/t25?,29-,32-,34-/m0/s1. The lowest BCUT2D eigenvalue weighted by Crippen LogP contribution is -2.50. The van der Waals surface area contributed by atoms with Crippen molar-refractivity contribution in [3.63, 3.8) is 0 Å². The van der Waals surface area contributed by atoms with Crippen molar-refractivity contribution in [2.24, 2.45) is 11.8 Å². The van der Waals surface area contributed by atoms with E-state index in [1.54, 1.807) is 14.2 Å². The van der Waals surface area contributed by atoms with Gasteiger partial charge in [-0.15, -0.1) is 0 Å². The number of amides is 1. The summed E-state index contributed by atoms with van der Waals surface area (Å²) in [6.45, 7) is 11.9. The number of carbonyl (C=O) groups excluding carboxylic acids is 1. The fraction of sp³-hybridized carbons (Fsp3) is 0.618. The van der Waals surface area contributed by atoms with E-state index in [1.807, 2.05) is 6.92 Å². The molecular weight excluding hydrogens is 546 g/mol. The van der Waals surface area contributed by atoms with Gasteiger partial charge in [-0.25, -0.2) is 0 Å². The molecule has 1 fully saturated rings. The van der Waals surface area contributed by atoms with Crippen molar-refractivity contribution in [1.82, 2.24) is 10.6 Å². The number of nitrogens with zero attached hydrogens (tertiary/aromatic N) is 1. The molecule has 0 bridgehead atoms. The van der Waals surface area contributed by atoms with Crippen LogP contribution in [0, 0.1) is 11.8 Å². The van der Waals surface area contributed by atoms with Crippen molar-refractivity contribution >= 4 is 11.6 Å². The smallest absolute Gasteiger partial charge is 0.219 e. The molecule has 1 unspecified atom stereocenters. The van der Waals surface area contributed by atoms with E-state index in [4.69, 9.17) is 23.7 Å². The van der Waals surface area contributed by atoms with Crippen molar-refractivity contribution < 1.29 is 28.5 Å². The highest BCUT2D eigenvalue weighted by Crippen LogP contribution is 2.35. The van der Waals surface area contributed by atoms with Crippen LogP contribution in [0.4, 0.5) is 5.69 Å². The summed E-state index contributed by atoms with van der Waals surface area (Å²) in [5.41, 5.74) is 4.61. The van der Waals surface area contributed by atoms with Crippen molar-refractivity contribution in [1.29, 1.82) is 0 Å². The summed E-state index contributed by atoms with van der Waals surface area (Å²) in [5.74, 6) is 1.70. The molecule has 2 aliphatic rings. The van der Waals surface area contributed by atoms with Crippen LogP contribution in [0.3, 0.4) is 0 Å². The second-order valence-corrected chi connectivity index (χ2v) is 11.8. The molecule has 9 nitrogen and oxygen atoms in total. The van der Waals surface area contributed by atoms with Gasteiger partial charge in [0, 0.05) is 65.3 Å². The summed E-state index contributed by atoms with van der Waals surface area (Å²) in [6, 6.07) is 15.1.